The summed E-state index contributed by atoms with van der Waals surface area (Å²) in [4.78, 5) is 14.7. The normalized spacial score (nSPS) is 12.4. The number of likely N-dealkylation sites (N-methyl/N-ethyl adjacent to an activating group) is 1. The van der Waals surface area contributed by atoms with Gasteiger partial charge in [0.2, 0.25) is 5.91 Å². The number of aryl methyl sites for hydroxylation is 2. The highest BCUT2D eigenvalue weighted by Gasteiger charge is 2.21. The average Bonchev–Trinajstić information content (AvgIpc) is 3.22. The van der Waals surface area contributed by atoms with Gasteiger partial charge in [-0.15, -0.1) is 0 Å². The smallest absolute Gasteiger partial charge is 0.241 e. The number of nitrogens with zero attached hydrogens (tertiary/aromatic N) is 5. The molecule has 3 rings (SSSR count). The molecule has 0 spiro atoms. The van der Waals surface area contributed by atoms with Crippen LogP contribution in [0.4, 0.5) is 5.69 Å². The number of anilines is 1. The Balaban J connectivity index is 1.64. The Kier molecular flexibility index (Phi) is 5.41. The van der Waals surface area contributed by atoms with Gasteiger partial charge in [-0.1, -0.05) is 18.2 Å². The van der Waals surface area contributed by atoms with E-state index in [1.807, 2.05) is 87.2 Å². The number of amides is 1. The Morgan fingerprint density at radius 2 is 1.96 bits per heavy atom. The minimum absolute atomic E-state index is 0.0489. The second-order valence-corrected chi connectivity index (χ2v) is 6.88. The number of hydrogen-bond acceptors (Lipinski definition) is 4. The van der Waals surface area contributed by atoms with Crippen molar-refractivity contribution in [1.82, 2.24) is 24.5 Å². The summed E-state index contributed by atoms with van der Waals surface area (Å²) in [6, 6.07) is 9.68. The SMILES string of the molecule is Cc1nn(C)c(C)c1NC(=O)[C@H](C)N(C)Cc1cnn(-c2ccccc2)c1. The predicted octanol–water partition coefficient (Wildman–Crippen LogP) is 2.68. The Labute approximate surface area is 159 Å². The zero-order valence-corrected chi connectivity index (χ0v) is 16.5. The molecule has 0 aliphatic rings. The van der Waals surface area contributed by atoms with E-state index < -0.39 is 0 Å². The van der Waals surface area contributed by atoms with Crippen LogP contribution in [0.5, 0.6) is 0 Å². The molecule has 0 aliphatic heterocycles. The van der Waals surface area contributed by atoms with Crippen LogP contribution < -0.4 is 5.32 Å². The summed E-state index contributed by atoms with van der Waals surface area (Å²) < 4.78 is 3.62. The molecule has 7 heteroatoms. The maximum Gasteiger partial charge on any atom is 0.241 e. The number of rotatable bonds is 6. The van der Waals surface area contributed by atoms with Crippen molar-refractivity contribution in [3.05, 3.63) is 59.7 Å². The first kappa shape index (κ1) is 18.8. The topological polar surface area (TPSA) is 68.0 Å². The summed E-state index contributed by atoms with van der Waals surface area (Å²) in [5, 5.41) is 11.8. The molecule has 0 saturated carbocycles. The third kappa shape index (κ3) is 4.09. The van der Waals surface area contributed by atoms with Crippen LogP contribution in [0.1, 0.15) is 23.9 Å². The Morgan fingerprint density at radius 3 is 2.59 bits per heavy atom. The van der Waals surface area contributed by atoms with Crippen molar-refractivity contribution in [3.8, 4) is 5.69 Å². The predicted molar refractivity (Wildman–Crippen MR) is 106 cm³/mol. The van der Waals surface area contributed by atoms with Crippen LogP contribution in [-0.4, -0.2) is 43.5 Å². The summed E-state index contributed by atoms with van der Waals surface area (Å²) in [6.45, 7) is 6.38. The Hall–Kier alpha value is -2.93. The van der Waals surface area contributed by atoms with Gasteiger partial charge in [0.15, 0.2) is 0 Å². The molecule has 0 fully saturated rings. The summed E-state index contributed by atoms with van der Waals surface area (Å²) in [6.07, 6.45) is 3.83. The van der Waals surface area contributed by atoms with Crippen LogP contribution in [0.15, 0.2) is 42.7 Å². The average molecular weight is 366 g/mol. The number of aromatic nitrogens is 4. The van der Waals surface area contributed by atoms with Crippen LogP contribution in [0, 0.1) is 13.8 Å². The molecule has 2 heterocycles. The third-order valence-corrected chi connectivity index (χ3v) is 4.89. The molecule has 1 aromatic carbocycles. The maximum atomic E-state index is 12.7. The highest BCUT2D eigenvalue weighted by atomic mass is 16.2. The van der Waals surface area contributed by atoms with Gasteiger partial charge in [-0.05, 0) is 40.0 Å². The quantitative estimate of drug-likeness (QED) is 0.728. The zero-order valence-electron chi connectivity index (χ0n) is 16.5. The van der Waals surface area contributed by atoms with Crippen molar-refractivity contribution in [2.45, 2.75) is 33.4 Å². The molecule has 7 nitrogen and oxygen atoms in total. The molecule has 0 aliphatic carbocycles. The van der Waals surface area contributed by atoms with Crippen LogP contribution in [0.2, 0.25) is 0 Å². The molecular formula is C20H26N6O. The van der Waals surface area contributed by atoms with Gasteiger partial charge in [-0.25, -0.2) is 4.68 Å². The van der Waals surface area contributed by atoms with Gasteiger partial charge in [-0.3, -0.25) is 14.4 Å². The van der Waals surface area contributed by atoms with Crippen molar-refractivity contribution >= 4 is 11.6 Å². The maximum absolute atomic E-state index is 12.7. The Morgan fingerprint density at radius 1 is 1.26 bits per heavy atom. The summed E-state index contributed by atoms with van der Waals surface area (Å²) >= 11 is 0. The van der Waals surface area contributed by atoms with Crippen molar-refractivity contribution in [3.63, 3.8) is 0 Å². The molecular weight excluding hydrogens is 340 g/mol. The van der Waals surface area contributed by atoms with E-state index in [1.54, 1.807) is 4.68 Å². The fourth-order valence-electron chi connectivity index (χ4n) is 2.97. The molecule has 3 aromatic rings. The molecule has 1 amide bonds. The summed E-state index contributed by atoms with van der Waals surface area (Å²) in [7, 11) is 3.81. The van der Waals surface area contributed by atoms with E-state index in [2.05, 4.69) is 15.5 Å². The van der Waals surface area contributed by atoms with E-state index in [1.165, 1.54) is 0 Å². The van der Waals surface area contributed by atoms with Crippen molar-refractivity contribution < 1.29 is 4.79 Å². The van der Waals surface area contributed by atoms with Gasteiger partial charge in [-0.2, -0.15) is 10.2 Å². The van der Waals surface area contributed by atoms with Crippen molar-refractivity contribution in [2.75, 3.05) is 12.4 Å². The van der Waals surface area contributed by atoms with Crippen LogP contribution >= 0.6 is 0 Å². The van der Waals surface area contributed by atoms with Gasteiger partial charge >= 0.3 is 0 Å². The lowest BCUT2D eigenvalue weighted by molar-refractivity contribution is -0.120. The summed E-state index contributed by atoms with van der Waals surface area (Å²) in [5.41, 5.74) is 4.62. The molecule has 0 radical (unpaired) electrons. The number of carbonyl (C=O) groups is 1. The standard InChI is InChI=1S/C20H26N6O/c1-14-19(15(2)25(5)23-14)22-20(27)16(3)24(4)12-17-11-21-26(13-17)18-9-7-6-8-10-18/h6-11,13,16H,12H2,1-5H3,(H,22,27)/t16-/m0/s1. The number of nitrogens with one attached hydrogen (secondary N) is 1. The first-order valence-corrected chi connectivity index (χ1v) is 8.97. The van der Waals surface area contributed by atoms with Crippen molar-refractivity contribution in [1.29, 1.82) is 0 Å². The lowest BCUT2D eigenvalue weighted by Crippen LogP contribution is -2.39. The first-order valence-electron chi connectivity index (χ1n) is 8.97. The number of para-hydroxylation sites is 1. The van der Waals surface area contributed by atoms with E-state index in [0.717, 1.165) is 28.3 Å². The van der Waals surface area contributed by atoms with E-state index >= 15 is 0 Å². The second kappa shape index (κ2) is 7.75. The number of hydrogen-bond donors (Lipinski definition) is 1. The Bertz CT molecular complexity index is 927. The monoisotopic (exact) mass is 366 g/mol. The van der Waals surface area contributed by atoms with Crippen LogP contribution in [0.3, 0.4) is 0 Å². The molecule has 1 atom stereocenters. The van der Waals surface area contributed by atoms with E-state index in [9.17, 15) is 4.79 Å². The first-order chi connectivity index (χ1) is 12.9. The summed E-state index contributed by atoms with van der Waals surface area (Å²) in [5.74, 6) is -0.0489. The largest absolute Gasteiger partial charge is 0.322 e. The van der Waals surface area contributed by atoms with E-state index in [4.69, 9.17) is 0 Å². The van der Waals surface area contributed by atoms with Gasteiger partial charge in [0.25, 0.3) is 0 Å². The van der Waals surface area contributed by atoms with E-state index in [0.29, 0.717) is 6.54 Å². The highest BCUT2D eigenvalue weighted by Crippen LogP contribution is 2.19. The lowest BCUT2D eigenvalue weighted by Gasteiger charge is -2.23. The van der Waals surface area contributed by atoms with Gasteiger partial charge in [0, 0.05) is 25.4 Å². The van der Waals surface area contributed by atoms with Gasteiger partial charge in [0.05, 0.1) is 35.0 Å². The van der Waals surface area contributed by atoms with Crippen LogP contribution in [-0.2, 0) is 18.4 Å². The number of carbonyl (C=O) groups excluding carboxylic acids is 1. The zero-order chi connectivity index (χ0) is 19.6. The molecule has 0 saturated heterocycles. The van der Waals surface area contributed by atoms with E-state index in [-0.39, 0.29) is 11.9 Å². The lowest BCUT2D eigenvalue weighted by atomic mass is 10.2. The molecule has 2 aromatic heterocycles. The molecule has 142 valence electrons. The molecule has 27 heavy (non-hydrogen) atoms. The fourth-order valence-corrected chi connectivity index (χ4v) is 2.97. The van der Waals surface area contributed by atoms with Crippen LogP contribution in [0.25, 0.3) is 5.69 Å². The molecule has 1 N–H and O–H groups in total. The fraction of sp³-hybridized carbons (Fsp3) is 0.350. The van der Waals surface area contributed by atoms with Gasteiger partial charge < -0.3 is 5.32 Å². The highest BCUT2D eigenvalue weighted by molar-refractivity contribution is 5.95. The van der Waals surface area contributed by atoms with Crippen molar-refractivity contribution in [2.24, 2.45) is 7.05 Å². The minimum atomic E-state index is -0.288. The third-order valence-electron chi connectivity index (χ3n) is 4.89. The second-order valence-electron chi connectivity index (χ2n) is 6.88. The number of benzene rings is 1. The minimum Gasteiger partial charge on any atom is -0.322 e. The molecule has 0 unspecified atom stereocenters. The van der Waals surface area contributed by atoms with Gasteiger partial charge in [0.1, 0.15) is 0 Å². The molecule has 0 bridgehead atoms.